The van der Waals surface area contributed by atoms with Crippen LogP contribution in [0.2, 0.25) is 0 Å². The third kappa shape index (κ3) is 3.69. The van der Waals surface area contributed by atoms with Gasteiger partial charge in [0.2, 0.25) is 0 Å². The van der Waals surface area contributed by atoms with Crippen LogP contribution < -0.4 is 4.74 Å². The molecular weight excluding hydrogens is 316 g/mol. The maximum atomic E-state index is 12.5. The Kier molecular flexibility index (Phi) is 4.80. The quantitative estimate of drug-likeness (QED) is 0.463. The Labute approximate surface area is 146 Å². The molecule has 2 aromatic carbocycles. The van der Waals surface area contributed by atoms with Crippen LogP contribution in [0.3, 0.4) is 0 Å². The maximum absolute atomic E-state index is 12.5. The largest absolute Gasteiger partial charge is 0.458 e. The van der Waals surface area contributed by atoms with Crippen molar-refractivity contribution in [3.05, 3.63) is 77.9 Å². The molecular formula is C21H18O4. The second-order valence-electron chi connectivity index (χ2n) is 5.86. The summed E-state index contributed by atoms with van der Waals surface area (Å²) in [5.41, 5.74) is 1.81. The van der Waals surface area contributed by atoms with E-state index in [4.69, 9.17) is 9.47 Å². The van der Waals surface area contributed by atoms with Gasteiger partial charge in [-0.2, -0.15) is 0 Å². The first-order valence-electron chi connectivity index (χ1n) is 7.97. The van der Waals surface area contributed by atoms with Crippen LogP contribution in [0, 0.1) is 0 Å². The zero-order valence-electron chi connectivity index (χ0n) is 14.0. The number of carbonyl (C=O) groups excluding carboxylic acids is 2. The molecule has 1 aliphatic carbocycles. The van der Waals surface area contributed by atoms with Crippen LogP contribution in [0.4, 0.5) is 0 Å². The van der Waals surface area contributed by atoms with Gasteiger partial charge in [0, 0.05) is 11.0 Å². The van der Waals surface area contributed by atoms with Crippen LogP contribution in [-0.2, 0) is 9.53 Å². The topological polar surface area (TPSA) is 52.6 Å². The number of allylic oxidation sites excluding steroid dienone is 3. The van der Waals surface area contributed by atoms with Gasteiger partial charge in [0.15, 0.2) is 0 Å². The second-order valence-corrected chi connectivity index (χ2v) is 5.86. The van der Waals surface area contributed by atoms with E-state index in [0.717, 1.165) is 12.0 Å². The van der Waals surface area contributed by atoms with E-state index in [2.05, 4.69) is 6.58 Å². The smallest absolute Gasteiger partial charge is 0.339 e. The highest BCUT2D eigenvalue weighted by Gasteiger charge is 2.16. The lowest BCUT2D eigenvalue weighted by Crippen LogP contribution is -2.10. The molecule has 0 saturated carbocycles. The van der Waals surface area contributed by atoms with Gasteiger partial charge in [-0.1, -0.05) is 49.1 Å². The van der Waals surface area contributed by atoms with Gasteiger partial charge < -0.3 is 9.47 Å². The fraction of sp³-hybridized carbons (Fsp3) is 0.143. The summed E-state index contributed by atoms with van der Waals surface area (Å²) in [5.74, 6) is -0.509. The van der Waals surface area contributed by atoms with Gasteiger partial charge in [-0.05, 0) is 36.4 Å². The number of fused-ring (bicyclic) bond motifs is 1. The van der Waals surface area contributed by atoms with Crippen LogP contribution in [0.15, 0.2) is 72.4 Å². The Morgan fingerprint density at radius 3 is 2.56 bits per heavy atom. The van der Waals surface area contributed by atoms with Gasteiger partial charge in [0.05, 0.1) is 5.56 Å². The zero-order valence-corrected chi connectivity index (χ0v) is 14.0. The third-order valence-electron chi connectivity index (χ3n) is 3.89. The summed E-state index contributed by atoms with van der Waals surface area (Å²) < 4.78 is 10.8. The highest BCUT2D eigenvalue weighted by atomic mass is 16.5. The summed E-state index contributed by atoms with van der Waals surface area (Å²) in [6.45, 7) is 5.44. The van der Waals surface area contributed by atoms with E-state index in [1.807, 2.05) is 30.4 Å². The van der Waals surface area contributed by atoms with Crippen LogP contribution in [0.25, 0.3) is 10.8 Å². The maximum Gasteiger partial charge on any atom is 0.339 e. The fourth-order valence-corrected chi connectivity index (χ4v) is 2.56. The molecule has 0 fully saturated rings. The molecule has 126 valence electrons. The predicted molar refractivity (Wildman–Crippen MR) is 96.5 cm³/mol. The van der Waals surface area contributed by atoms with E-state index >= 15 is 0 Å². The SMILES string of the molecule is C=C(C)C(=O)Oc1ccc(C(=O)OCC2=CC=CC2)c2ccccc12. The summed E-state index contributed by atoms with van der Waals surface area (Å²) in [4.78, 5) is 24.3. The lowest BCUT2D eigenvalue weighted by atomic mass is 10.0. The molecule has 0 spiro atoms. The summed E-state index contributed by atoms with van der Waals surface area (Å²) in [7, 11) is 0. The molecule has 0 N–H and O–H groups in total. The lowest BCUT2D eigenvalue weighted by Gasteiger charge is -2.11. The molecule has 0 radical (unpaired) electrons. The summed E-state index contributed by atoms with van der Waals surface area (Å²) >= 11 is 0. The number of carbonyl (C=O) groups is 2. The molecule has 2 aromatic rings. The molecule has 0 atom stereocenters. The van der Waals surface area contributed by atoms with Crippen molar-refractivity contribution in [3.63, 3.8) is 0 Å². The number of rotatable bonds is 5. The van der Waals surface area contributed by atoms with Crippen molar-refractivity contribution in [1.29, 1.82) is 0 Å². The van der Waals surface area contributed by atoms with E-state index in [1.54, 1.807) is 31.2 Å². The number of ether oxygens (including phenoxy) is 2. The molecule has 0 amide bonds. The van der Waals surface area contributed by atoms with Crippen molar-refractivity contribution >= 4 is 22.7 Å². The first kappa shape index (κ1) is 16.7. The molecule has 1 aliphatic rings. The highest BCUT2D eigenvalue weighted by Crippen LogP contribution is 2.29. The zero-order chi connectivity index (χ0) is 17.8. The Morgan fingerprint density at radius 1 is 1.12 bits per heavy atom. The van der Waals surface area contributed by atoms with E-state index < -0.39 is 11.9 Å². The number of hydrogen-bond acceptors (Lipinski definition) is 4. The minimum Gasteiger partial charge on any atom is -0.458 e. The van der Waals surface area contributed by atoms with Gasteiger partial charge in [0.25, 0.3) is 0 Å². The molecule has 0 unspecified atom stereocenters. The minimum absolute atomic E-state index is 0.270. The number of benzene rings is 2. The Bertz CT molecular complexity index is 919. The van der Waals surface area contributed by atoms with Crippen molar-refractivity contribution < 1.29 is 19.1 Å². The van der Waals surface area contributed by atoms with Crippen LogP contribution in [0.1, 0.15) is 23.7 Å². The highest BCUT2D eigenvalue weighted by molar-refractivity contribution is 6.07. The summed E-state index contributed by atoms with van der Waals surface area (Å²) in [6.07, 6.45) is 6.72. The monoisotopic (exact) mass is 334 g/mol. The van der Waals surface area contributed by atoms with Gasteiger partial charge in [-0.15, -0.1) is 0 Å². The molecule has 0 heterocycles. The third-order valence-corrected chi connectivity index (χ3v) is 3.89. The van der Waals surface area contributed by atoms with Crippen LogP contribution >= 0.6 is 0 Å². The fourth-order valence-electron chi connectivity index (χ4n) is 2.56. The van der Waals surface area contributed by atoms with Crippen molar-refractivity contribution in [3.8, 4) is 5.75 Å². The van der Waals surface area contributed by atoms with E-state index in [0.29, 0.717) is 27.7 Å². The van der Waals surface area contributed by atoms with E-state index in [1.165, 1.54) is 0 Å². The predicted octanol–water partition coefficient (Wildman–Crippen LogP) is 4.36. The molecule has 0 saturated heterocycles. The first-order chi connectivity index (χ1) is 12.1. The van der Waals surface area contributed by atoms with E-state index in [9.17, 15) is 9.59 Å². The van der Waals surface area contributed by atoms with Crippen molar-refractivity contribution in [2.75, 3.05) is 6.61 Å². The number of hydrogen-bond donors (Lipinski definition) is 0. The first-order valence-corrected chi connectivity index (χ1v) is 7.97. The molecule has 4 heteroatoms. The van der Waals surface area contributed by atoms with Gasteiger partial charge in [0.1, 0.15) is 12.4 Å². The molecule has 0 aliphatic heterocycles. The van der Waals surface area contributed by atoms with Crippen molar-refractivity contribution in [2.24, 2.45) is 0 Å². The van der Waals surface area contributed by atoms with Crippen molar-refractivity contribution in [2.45, 2.75) is 13.3 Å². The Hall–Kier alpha value is -3.14. The molecule has 4 nitrogen and oxygen atoms in total. The molecule has 0 aromatic heterocycles. The molecule has 25 heavy (non-hydrogen) atoms. The van der Waals surface area contributed by atoms with Crippen LogP contribution in [-0.4, -0.2) is 18.5 Å². The van der Waals surface area contributed by atoms with Gasteiger partial charge in [-0.25, -0.2) is 9.59 Å². The van der Waals surface area contributed by atoms with Crippen molar-refractivity contribution in [1.82, 2.24) is 0 Å². The summed E-state index contributed by atoms with van der Waals surface area (Å²) in [5, 5.41) is 1.35. The van der Waals surface area contributed by atoms with Gasteiger partial charge >= 0.3 is 11.9 Å². The molecule has 0 bridgehead atoms. The normalized spacial score (nSPS) is 12.8. The minimum atomic E-state index is -0.499. The Morgan fingerprint density at radius 2 is 1.88 bits per heavy atom. The summed E-state index contributed by atoms with van der Waals surface area (Å²) in [6, 6.07) is 10.5. The average molecular weight is 334 g/mol. The van der Waals surface area contributed by atoms with Gasteiger partial charge in [-0.3, -0.25) is 0 Å². The second kappa shape index (κ2) is 7.18. The Balaban J connectivity index is 1.88. The molecule has 3 rings (SSSR count). The van der Waals surface area contributed by atoms with E-state index in [-0.39, 0.29) is 6.61 Å². The number of esters is 2. The standard InChI is InChI=1S/C21H18O4/c1-14(2)20(22)25-19-12-11-18(16-9-5-6-10-17(16)19)21(23)24-13-15-7-3-4-8-15/h3-7,9-12H,1,8,13H2,2H3. The van der Waals surface area contributed by atoms with Crippen LogP contribution in [0.5, 0.6) is 5.75 Å². The lowest BCUT2D eigenvalue weighted by molar-refractivity contribution is -0.129. The average Bonchev–Trinajstić information content (AvgIpc) is 3.13.